The van der Waals surface area contributed by atoms with E-state index in [2.05, 4.69) is 0 Å². The Balaban J connectivity index is 2.00. The average molecular weight is 476 g/mol. The van der Waals surface area contributed by atoms with Gasteiger partial charge in [0.25, 0.3) is 22.9 Å². The summed E-state index contributed by atoms with van der Waals surface area (Å²) in [5, 5.41) is 3.43. The van der Waals surface area contributed by atoms with E-state index in [1.807, 2.05) is 5.32 Å². The number of hydrogen-bond donors (Lipinski definition) is 3. The van der Waals surface area contributed by atoms with Gasteiger partial charge in [0.15, 0.2) is 0 Å². The smallest absolute Gasteiger partial charge is 0.326 e. The van der Waals surface area contributed by atoms with Gasteiger partial charge in [-0.25, -0.2) is 13.8 Å². The minimum absolute atomic E-state index is 0.0688. The predicted octanol–water partition coefficient (Wildman–Crippen LogP) is 2.42. The van der Waals surface area contributed by atoms with Crippen LogP contribution in [0, 0.1) is 19.7 Å². The van der Waals surface area contributed by atoms with E-state index in [4.69, 9.17) is 0 Å². The number of benzene rings is 2. The van der Waals surface area contributed by atoms with Crippen LogP contribution in [0.25, 0.3) is 5.69 Å². The zero-order valence-corrected chi connectivity index (χ0v) is 17.6. The fourth-order valence-electron chi connectivity index (χ4n) is 3.77. The number of rotatable bonds is 3. The van der Waals surface area contributed by atoms with Crippen LogP contribution < -0.4 is 21.9 Å². The lowest BCUT2D eigenvalue weighted by atomic mass is 9.91. The number of H-pyrrole nitrogens is 1. The van der Waals surface area contributed by atoms with Crippen LogP contribution in [0.4, 0.5) is 23.4 Å². The number of carbonyl (C=O) groups is 2. The molecule has 8 nitrogen and oxygen atoms in total. The first-order chi connectivity index (χ1) is 15.9. The third-order valence-electron chi connectivity index (χ3n) is 5.65. The normalized spacial score (nSPS) is 17.3. The Morgan fingerprint density at radius 3 is 2.32 bits per heavy atom. The number of fused-ring (bicyclic) bond motifs is 1. The van der Waals surface area contributed by atoms with Crippen molar-refractivity contribution in [2.24, 2.45) is 0 Å². The summed E-state index contributed by atoms with van der Waals surface area (Å²) in [6, 6.07) is 8.70. The molecule has 3 aromatic rings. The van der Waals surface area contributed by atoms with E-state index in [0.717, 1.165) is 17.7 Å². The summed E-state index contributed by atoms with van der Waals surface area (Å²) in [6.07, 6.45) is -5.54. The Bertz CT molecular complexity index is 1470. The maximum absolute atomic E-state index is 14.4. The predicted molar refractivity (Wildman–Crippen MR) is 112 cm³/mol. The van der Waals surface area contributed by atoms with E-state index in [1.165, 1.54) is 29.6 Å². The summed E-state index contributed by atoms with van der Waals surface area (Å²) in [5.41, 5.74) is -6.97. The molecule has 2 aromatic carbocycles. The molecule has 0 bridgehead atoms. The van der Waals surface area contributed by atoms with Gasteiger partial charge in [-0.15, -0.1) is 0 Å². The van der Waals surface area contributed by atoms with Crippen LogP contribution in [0.15, 0.2) is 52.1 Å². The molecule has 1 aliphatic rings. The lowest BCUT2D eigenvalue weighted by Gasteiger charge is -2.30. The maximum Gasteiger partial charge on any atom is 0.425 e. The molecule has 0 radical (unpaired) electrons. The van der Waals surface area contributed by atoms with Crippen molar-refractivity contribution >= 4 is 17.6 Å². The zero-order chi connectivity index (χ0) is 25.0. The van der Waals surface area contributed by atoms with E-state index in [9.17, 15) is 36.7 Å². The van der Waals surface area contributed by atoms with Gasteiger partial charge >= 0.3 is 11.9 Å². The fraction of sp³-hybridized carbons (Fsp3) is 0.182. The second-order valence-electron chi connectivity index (χ2n) is 7.72. The second kappa shape index (κ2) is 7.68. The Kier molecular flexibility index (Phi) is 5.18. The molecule has 0 aliphatic carbocycles. The molecule has 2 amide bonds. The summed E-state index contributed by atoms with van der Waals surface area (Å²) >= 11 is 0. The molecular formula is C22H16F4N4O4. The fourth-order valence-corrected chi connectivity index (χ4v) is 3.77. The van der Waals surface area contributed by atoms with Crippen LogP contribution >= 0.6 is 0 Å². The van der Waals surface area contributed by atoms with Gasteiger partial charge < -0.3 is 10.6 Å². The number of alkyl halides is 3. The van der Waals surface area contributed by atoms with E-state index >= 15 is 0 Å². The topological polar surface area (TPSA) is 113 Å². The van der Waals surface area contributed by atoms with Crippen molar-refractivity contribution in [3.05, 3.63) is 91.4 Å². The number of nitrogens with zero attached hydrogens (tertiary/aromatic N) is 1. The van der Waals surface area contributed by atoms with E-state index < -0.39 is 57.5 Å². The molecule has 0 saturated heterocycles. The number of nitrogens with one attached hydrogen (secondary N) is 3. The van der Waals surface area contributed by atoms with Crippen LogP contribution in [0.2, 0.25) is 0 Å². The van der Waals surface area contributed by atoms with E-state index in [0.29, 0.717) is 10.1 Å². The first kappa shape index (κ1) is 23.0. The monoisotopic (exact) mass is 476 g/mol. The molecule has 3 N–H and O–H groups in total. The molecule has 0 fully saturated rings. The molecule has 1 aliphatic heterocycles. The number of carbonyl (C=O) groups excluding carboxylic acids is 2. The minimum atomic E-state index is -5.54. The Morgan fingerprint density at radius 2 is 1.71 bits per heavy atom. The Morgan fingerprint density at radius 1 is 1.03 bits per heavy atom. The van der Waals surface area contributed by atoms with Crippen molar-refractivity contribution < 1.29 is 27.2 Å². The third kappa shape index (κ3) is 3.29. The number of aryl methyl sites for hydroxylation is 2. The second-order valence-corrected chi connectivity index (χ2v) is 7.72. The minimum Gasteiger partial charge on any atom is -0.326 e. The van der Waals surface area contributed by atoms with Gasteiger partial charge in [-0.3, -0.25) is 19.4 Å². The zero-order valence-electron chi connectivity index (χ0n) is 17.6. The maximum atomic E-state index is 14.4. The van der Waals surface area contributed by atoms with Crippen LogP contribution in [-0.2, 0) is 10.3 Å². The van der Waals surface area contributed by atoms with Crippen molar-refractivity contribution in [3.63, 3.8) is 0 Å². The molecule has 4 rings (SSSR count). The van der Waals surface area contributed by atoms with Crippen LogP contribution in [0.3, 0.4) is 0 Å². The third-order valence-corrected chi connectivity index (χ3v) is 5.65. The standard InChI is InChI=1S/C22H16F4N4O4/c1-10-7-8-12(9-11(10)2)30-16-15(18(32)28-20(30)34)21(19(33)27-16,22(24,25)26)29-17(31)13-5-3-4-6-14(13)23/h3-9H,1-2H3,(H,27,33)(H,29,31)(H,28,32,34)/t21-/m1/s1. The first-order valence-corrected chi connectivity index (χ1v) is 9.81. The molecule has 34 heavy (non-hydrogen) atoms. The summed E-state index contributed by atoms with van der Waals surface area (Å²) in [4.78, 5) is 52.5. The molecular weight excluding hydrogens is 460 g/mol. The lowest BCUT2D eigenvalue weighted by molar-refractivity contribution is -0.196. The van der Waals surface area contributed by atoms with Gasteiger partial charge in [0.2, 0.25) is 0 Å². The highest BCUT2D eigenvalue weighted by Crippen LogP contribution is 2.45. The molecule has 2 heterocycles. The van der Waals surface area contributed by atoms with E-state index in [1.54, 1.807) is 24.9 Å². The van der Waals surface area contributed by atoms with Crippen molar-refractivity contribution in [1.29, 1.82) is 0 Å². The summed E-state index contributed by atoms with van der Waals surface area (Å²) < 4.78 is 58.1. The highest BCUT2D eigenvalue weighted by molar-refractivity contribution is 6.09. The molecule has 0 spiro atoms. The quantitative estimate of drug-likeness (QED) is 0.504. The van der Waals surface area contributed by atoms with Gasteiger partial charge in [0, 0.05) is 0 Å². The van der Waals surface area contributed by atoms with Gasteiger partial charge in [0.05, 0.1) is 11.3 Å². The van der Waals surface area contributed by atoms with Crippen LogP contribution in [0.5, 0.6) is 0 Å². The number of aromatic nitrogens is 2. The van der Waals surface area contributed by atoms with Crippen LogP contribution in [-0.4, -0.2) is 27.5 Å². The van der Waals surface area contributed by atoms with Gasteiger partial charge in [-0.1, -0.05) is 18.2 Å². The number of hydrogen-bond acceptors (Lipinski definition) is 4. The van der Waals surface area contributed by atoms with Crippen molar-refractivity contribution in [2.75, 3.05) is 5.32 Å². The number of amides is 2. The molecule has 12 heteroatoms. The highest BCUT2D eigenvalue weighted by Gasteiger charge is 2.68. The van der Waals surface area contributed by atoms with Crippen LogP contribution in [0.1, 0.15) is 27.0 Å². The highest BCUT2D eigenvalue weighted by atomic mass is 19.4. The summed E-state index contributed by atoms with van der Waals surface area (Å²) in [5.74, 6) is -5.30. The van der Waals surface area contributed by atoms with Gasteiger partial charge in [0.1, 0.15) is 17.2 Å². The van der Waals surface area contributed by atoms with Gasteiger partial charge in [-0.2, -0.15) is 13.2 Å². The lowest BCUT2D eigenvalue weighted by Crippen LogP contribution is -2.62. The largest absolute Gasteiger partial charge is 0.425 e. The first-order valence-electron chi connectivity index (χ1n) is 9.81. The van der Waals surface area contributed by atoms with Crippen molar-refractivity contribution in [3.8, 4) is 5.69 Å². The SMILES string of the molecule is Cc1ccc(-n2c3c(c(=O)[nH]c2=O)[C@](NC(=O)c2ccccc2F)(C(F)(F)F)C(=O)N3)cc1C. The molecule has 1 atom stereocenters. The Labute approximate surface area is 188 Å². The molecule has 1 aromatic heterocycles. The number of halogens is 4. The number of anilines is 1. The van der Waals surface area contributed by atoms with Crippen molar-refractivity contribution in [1.82, 2.24) is 14.9 Å². The Hall–Kier alpha value is -4.22. The molecule has 0 unspecified atom stereocenters. The molecule has 0 saturated carbocycles. The van der Waals surface area contributed by atoms with Gasteiger partial charge in [-0.05, 0) is 49.2 Å². The summed E-state index contributed by atoms with van der Waals surface area (Å²) in [6.45, 7) is 3.47. The number of aromatic amines is 1. The van der Waals surface area contributed by atoms with E-state index in [-0.39, 0.29) is 5.69 Å². The average Bonchev–Trinajstić information content (AvgIpc) is 3.04. The van der Waals surface area contributed by atoms with Crippen molar-refractivity contribution in [2.45, 2.75) is 25.6 Å². The summed E-state index contributed by atoms with van der Waals surface area (Å²) in [7, 11) is 0. The molecule has 176 valence electrons.